The number of guanidine groups is 1. The maximum absolute atomic E-state index is 12.0. The first-order valence-electron chi connectivity index (χ1n) is 9.91. The number of rotatable bonds is 7. The van der Waals surface area contributed by atoms with E-state index in [1.54, 1.807) is 23.7 Å². The predicted molar refractivity (Wildman–Crippen MR) is 129 cm³/mol. The van der Waals surface area contributed by atoms with Crippen LogP contribution in [-0.4, -0.2) is 66.9 Å². The Bertz CT molecular complexity index is 831. The summed E-state index contributed by atoms with van der Waals surface area (Å²) in [4.78, 5) is 18.2. The summed E-state index contributed by atoms with van der Waals surface area (Å²) < 4.78 is 7.25. The molecule has 1 saturated heterocycles. The number of carbonyl (C=O) groups is 1. The van der Waals surface area contributed by atoms with Gasteiger partial charge in [-0.1, -0.05) is 30.3 Å². The molecule has 0 aliphatic carbocycles. The standard InChI is InChI=1S/C21H30N6O2.HI/c1-26(2)19(28)13-24-21(22-11-16-9-10-29-15-16)23-12-18-14-27(3)25-20(18)17-7-5-4-6-8-17;/h4-8,14,16H,9-13,15H2,1-3H3,(H2,22,23,24);1H. The number of aliphatic imine (C=N–C) groups is 1. The lowest BCUT2D eigenvalue weighted by atomic mass is 10.1. The van der Waals surface area contributed by atoms with Gasteiger partial charge < -0.3 is 20.3 Å². The summed E-state index contributed by atoms with van der Waals surface area (Å²) in [5, 5.41) is 11.1. The summed E-state index contributed by atoms with van der Waals surface area (Å²) in [7, 11) is 5.39. The van der Waals surface area contributed by atoms with Crippen molar-refractivity contribution in [1.29, 1.82) is 0 Å². The van der Waals surface area contributed by atoms with Gasteiger partial charge in [0.2, 0.25) is 5.91 Å². The van der Waals surface area contributed by atoms with E-state index in [0.29, 0.717) is 18.4 Å². The van der Waals surface area contributed by atoms with E-state index in [-0.39, 0.29) is 36.4 Å². The fourth-order valence-electron chi connectivity index (χ4n) is 3.13. The second-order valence-corrected chi connectivity index (χ2v) is 7.46. The molecule has 0 spiro atoms. The van der Waals surface area contributed by atoms with Gasteiger partial charge in [0.05, 0.1) is 25.4 Å². The maximum Gasteiger partial charge on any atom is 0.241 e. The van der Waals surface area contributed by atoms with Crippen LogP contribution in [0.25, 0.3) is 11.3 Å². The molecule has 1 aromatic heterocycles. The smallest absolute Gasteiger partial charge is 0.241 e. The van der Waals surface area contributed by atoms with Crippen molar-refractivity contribution >= 4 is 35.8 Å². The Labute approximate surface area is 195 Å². The Kier molecular flexibility index (Phi) is 9.57. The van der Waals surface area contributed by atoms with E-state index in [1.807, 2.05) is 43.6 Å². The topological polar surface area (TPSA) is 83.8 Å². The highest BCUT2D eigenvalue weighted by molar-refractivity contribution is 14.0. The van der Waals surface area contributed by atoms with Crippen LogP contribution in [0.3, 0.4) is 0 Å². The van der Waals surface area contributed by atoms with Crippen molar-refractivity contribution in [2.45, 2.75) is 13.0 Å². The van der Waals surface area contributed by atoms with E-state index in [1.165, 1.54) is 0 Å². The SMILES string of the molecule is CN(C)C(=O)CNC(=NCc1cn(C)nc1-c1ccccc1)NCC1CCOC1.I. The molecular weight excluding hydrogens is 495 g/mol. The summed E-state index contributed by atoms with van der Waals surface area (Å²) in [6, 6.07) is 10.1. The van der Waals surface area contributed by atoms with Crippen LogP contribution in [0, 0.1) is 5.92 Å². The second-order valence-electron chi connectivity index (χ2n) is 7.46. The van der Waals surface area contributed by atoms with Crippen LogP contribution >= 0.6 is 24.0 Å². The zero-order chi connectivity index (χ0) is 20.6. The third kappa shape index (κ3) is 6.98. The minimum atomic E-state index is -0.00458. The van der Waals surface area contributed by atoms with E-state index < -0.39 is 0 Å². The van der Waals surface area contributed by atoms with Crippen molar-refractivity contribution in [2.75, 3.05) is 40.4 Å². The Morgan fingerprint density at radius 3 is 2.73 bits per heavy atom. The van der Waals surface area contributed by atoms with Gasteiger partial charge in [-0.15, -0.1) is 24.0 Å². The number of aromatic nitrogens is 2. The quantitative estimate of drug-likeness (QED) is 0.327. The van der Waals surface area contributed by atoms with Gasteiger partial charge in [0, 0.05) is 57.5 Å². The molecule has 1 aliphatic rings. The second kappa shape index (κ2) is 11.9. The van der Waals surface area contributed by atoms with Gasteiger partial charge in [-0.2, -0.15) is 5.10 Å². The molecule has 9 heteroatoms. The van der Waals surface area contributed by atoms with Crippen molar-refractivity contribution in [2.24, 2.45) is 18.0 Å². The maximum atomic E-state index is 12.0. The molecule has 0 bridgehead atoms. The first-order valence-corrected chi connectivity index (χ1v) is 9.91. The number of hydrogen-bond acceptors (Lipinski definition) is 4. The van der Waals surface area contributed by atoms with Crippen LogP contribution in [0.1, 0.15) is 12.0 Å². The van der Waals surface area contributed by atoms with Crippen molar-refractivity contribution in [3.63, 3.8) is 0 Å². The third-order valence-corrected chi connectivity index (χ3v) is 4.85. The Hall–Kier alpha value is -2.14. The molecule has 3 rings (SSSR count). The highest BCUT2D eigenvalue weighted by Gasteiger charge is 2.16. The average molecular weight is 526 g/mol. The molecule has 1 atom stereocenters. The van der Waals surface area contributed by atoms with Crippen LogP contribution in [0.4, 0.5) is 0 Å². The third-order valence-electron chi connectivity index (χ3n) is 4.85. The molecule has 1 aromatic carbocycles. The monoisotopic (exact) mass is 526 g/mol. The molecule has 2 aromatic rings. The van der Waals surface area contributed by atoms with E-state index >= 15 is 0 Å². The predicted octanol–water partition coefficient (Wildman–Crippen LogP) is 1.86. The number of likely N-dealkylation sites (N-methyl/N-ethyl adjacent to an activating group) is 1. The van der Waals surface area contributed by atoms with Gasteiger partial charge in [-0.3, -0.25) is 9.48 Å². The summed E-state index contributed by atoms with van der Waals surface area (Å²) in [5.41, 5.74) is 3.01. The van der Waals surface area contributed by atoms with Crippen molar-refractivity contribution < 1.29 is 9.53 Å². The highest BCUT2D eigenvalue weighted by atomic mass is 127. The lowest BCUT2D eigenvalue weighted by Gasteiger charge is -2.16. The average Bonchev–Trinajstić information content (AvgIpc) is 3.37. The van der Waals surface area contributed by atoms with Crippen molar-refractivity contribution in [3.05, 3.63) is 42.1 Å². The van der Waals surface area contributed by atoms with Gasteiger partial charge in [-0.05, 0) is 6.42 Å². The van der Waals surface area contributed by atoms with E-state index in [0.717, 1.165) is 43.0 Å². The van der Waals surface area contributed by atoms with Crippen LogP contribution in [0.15, 0.2) is 41.5 Å². The lowest BCUT2D eigenvalue weighted by molar-refractivity contribution is -0.127. The zero-order valence-electron chi connectivity index (χ0n) is 17.8. The molecule has 30 heavy (non-hydrogen) atoms. The van der Waals surface area contributed by atoms with Crippen LogP contribution in [-0.2, 0) is 23.1 Å². The Balaban J connectivity index is 0.00000320. The summed E-state index contributed by atoms with van der Waals surface area (Å²) in [6.45, 7) is 2.99. The minimum Gasteiger partial charge on any atom is -0.381 e. The molecule has 1 aliphatic heterocycles. The van der Waals surface area contributed by atoms with Gasteiger partial charge in [-0.25, -0.2) is 4.99 Å². The number of halogens is 1. The number of hydrogen-bond donors (Lipinski definition) is 2. The van der Waals surface area contributed by atoms with Crippen LogP contribution in [0.5, 0.6) is 0 Å². The number of amides is 1. The molecular formula is C21H31IN6O2. The molecule has 8 nitrogen and oxygen atoms in total. The first kappa shape index (κ1) is 24.1. The van der Waals surface area contributed by atoms with Gasteiger partial charge in [0.15, 0.2) is 5.96 Å². The molecule has 2 heterocycles. The van der Waals surface area contributed by atoms with Crippen LogP contribution in [0.2, 0.25) is 0 Å². The molecule has 0 saturated carbocycles. The van der Waals surface area contributed by atoms with Gasteiger partial charge in [0.1, 0.15) is 0 Å². The Morgan fingerprint density at radius 2 is 2.07 bits per heavy atom. The van der Waals surface area contributed by atoms with Crippen LogP contribution < -0.4 is 10.6 Å². The van der Waals surface area contributed by atoms with Crippen molar-refractivity contribution in [1.82, 2.24) is 25.3 Å². The number of aryl methyl sites for hydroxylation is 1. The molecule has 2 N–H and O–H groups in total. The number of nitrogens with one attached hydrogen (secondary N) is 2. The molecule has 164 valence electrons. The fourth-order valence-corrected chi connectivity index (χ4v) is 3.13. The van der Waals surface area contributed by atoms with E-state index in [4.69, 9.17) is 9.73 Å². The number of carbonyl (C=O) groups excluding carboxylic acids is 1. The Morgan fingerprint density at radius 1 is 1.30 bits per heavy atom. The largest absolute Gasteiger partial charge is 0.381 e. The molecule has 1 unspecified atom stereocenters. The van der Waals surface area contributed by atoms with Crippen molar-refractivity contribution in [3.8, 4) is 11.3 Å². The van der Waals surface area contributed by atoms with Gasteiger partial charge in [0.25, 0.3) is 0 Å². The minimum absolute atomic E-state index is 0. The molecule has 1 fully saturated rings. The number of benzene rings is 1. The first-order chi connectivity index (χ1) is 14.0. The van der Waals surface area contributed by atoms with Gasteiger partial charge >= 0.3 is 0 Å². The zero-order valence-corrected chi connectivity index (χ0v) is 20.1. The molecule has 1 amide bonds. The summed E-state index contributed by atoms with van der Waals surface area (Å²) >= 11 is 0. The lowest BCUT2D eigenvalue weighted by Crippen LogP contribution is -2.44. The number of ether oxygens (including phenoxy) is 1. The highest BCUT2D eigenvalue weighted by Crippen LogP contribution is 2.22. The van der Waals surface area contributed by atoms with E-state index in [2.05, 4.69) is 15.7 Å². The fraction of sp³-hybridized carbons (Fsp3) is 0.476. The molecule has 0 radical (unpaired) electrons. The summed E-state index contributed by atoms with van der Waals surface area (Å²) in [6.07, 6.45) is 3.02. The number of nitrogens with zero attached hydrogens (tertiary/aromatic N) is 4. The summed E-state index contributed by atoms with van der Waals surface area (Å²) in [5.74, 6) is 1.08. The normalized spacial score (nSPS) is 16.1. The van der Waals surface area contributed by atoms with E-state index in [9.17, 15) is 4.79 Å².